The van der Waals surface area contributed by atoms with Gasteiger partial charge in [0.2, 0.25) is 11.9 Å². The molecule has 1 atom stereocenters. The summed E-state index contributed by atoms with van der Waals surface area (Å²) in [4.78, 5) is 11.0. The number of methoxy groups -OCH3 is 1. The van der Waals surface area contributed by atoms with Crippen LogP contribution >= 0.6 is 0 Å². The van der Waals surface area contributed by atoms with E-state index in [1.165, 1.54) is 5.56 Å². The van der Waals surface area contributed by atoms with Gasteiger partial charge in [-0.2, -0.15) is 4.99 Å². The SMILES string of the molecule is COc1ccc(C2N=C(N)N=C3Nc4ccccc4CN32)cc1. The molecule has 116 valence electrons. The monoisotopic (exact) mass is 307 g/mol. The first-order valence-electron chi connectivity index (χ1n) is 7.42. The zero-order valence-electron chi connectivity index (χ0n) is 12.7. The predicted octanol–water partition coefficient (Wildman–Crippen LogP) is 2.31. The van der Waals surface area contributed by atoms with Gasteiger partial charge in [0.05, 0.1) is 13.7 Å². The summed E-state index contributed by atoms with van der Waals surface area (Å²) in [7, 11) is 1.65. The smallest absolute Gasteiger partial charge is 0.220 e. The highest BCUT2D eigenvalue weighted by Gasteiger charge is 2.31. The summed E-state index contributed by atoms with van der Waals surface area (Å²) in [5.74, 6) is 1.83. The molecule has 0 aliphatic carbocycles. The number of anilines is 1. The van der Waals surface area contributed by atoms with Crippen molar-refractivity contribution in [1.82, 2.24) is 4.90 Å². The van der Waals surface area contributed by atoms with E-state index < -0.39 is 0 Å². The van der Waals surface area contributed by atoms with E-state index in [1.54, 1.807) is 7.11 Å². The maximum absolute atomic E-state index is 5.92. The molecule has 2 heterocycles. The molecule has 2 aromatic rings. The van der Waals surface area contributed by atoms with Gasteiger partial charge in [0.25, 0.3) is 0 Å². The number of rotatable bonds is 2. The fourth-order valence-electron chi connectivity index (χ4n) is 2.89. The van der Waals surface area contributed by atoms with E-state index in [2.05, 4.69) is 26.3 Å². The Hall–Kier alpha value is -3.02. The normalized spacial score (nSPS) is 19.0. The molecule has 4 rings (SSSR count). The molecule has 0 fully saturated rings. The standard InChI is InChI=1S/C17H17N5O/c1-23-13-8-6-11(7-9-13)15-20-16(18)21-17-19-14-5-3-2-4-12(14)10-22(15)17/h2-9,15H,10H2,1H3,(H3,18,19,20,21). The molecule has 23 heavy (non-hydrogen) atoms. The van der Waals surface area contributed by atoms with E-state index in [4.69, 9.17) is 10.5 Å². The zero-order chi connectivity index (χ0) is 15.8. The average molecular weight is 307 g/mol. The van der Waals surface area contributed by atoms with Crippen molar-refractivity contribution >= 4 is 17.6 Å². The van der Waals surface area contributed by atoms with E-state index in [0.29, 0.717) is 0 Å². The summed E-state index contributed by atoms with van der Waals surface area (Å²) >= 11 is 0. The molecular weight excluding hydrogens is 290 g/mol. The number of nitrogens with two attached hydrogens (primary N) is 1. The van der Waals surface area contributed by atoms with E-state index in [9.17, 15) is 0 Å². The maximum atomic E-state index is 5.92. The number of guanidine groups is 2. The molecule has 0 radical (unpaired) electrons. The van der Waals surface area contributed by atoms with Crippen LogP contribution in [0, 0.1) is 0 Å². The van der Waals surface area contributed by atoms with Gasteiger partial charge in [-0.3, -0.25) is 0 Å². The highest BCUT2D eigenvalue weighted by Crippen LogP contribution is 2.33. The quantitative estimate of drug-likeness (QED) is 0.892. The predicted molar refractivity (Wildman–Crippen MR) is 90.4 cm³/mol. The number of fused-ring (bicyclic) bond motifs is 2. The summed E-state index contributed by atoms with van der Waals surface area (Å²) in [5, 5.41) is 3.34. The molecule has 2 aromatic carbocycles. The molecule has 3 N–H and O–H groups in total. The molecule has 1 unspecified atom stereocenters. The third kappa shape index (κ3) is 2.38. The Morgan fingerprint density at radius 3 is 2.74 bits per heavy atom. The Morgan fingerprint density at radius 1 is 1.17 bits per heavy atom. The van der Waals surface area contributed by atoms with Crippen LogP contribution in [-0.4, -0.2) is 23.9 Å². The lowest BCUT2D eigenvalue weighted by atomic mass is 10.1. The van der Waals surface area contributed by atoms with Crippen LogP contribution in [0.1, 0.15) is 17.3 Å². The summed E-state index contributed by atoms with van der Waals surface area (Å²) in [6.07, 6.45) is -0.200. The van der Waals surface area contributed by atoms with Crippen molar-refractivity contribution in [3.8, 4) is 5.75 Å². The number of aliphatic imine (C=N–C) groups is 2. The Bertz CT molecular complexity index is 797. The third-order valence-electron chi connectivity index (χ3n) is 4.06. The van der Waals surface area contributed by atoms with Crippen molar-refractivity contribution in [3.63, 3.8) is 0 Å². The van der Waals surface area contributed by atoms with Crippen molar-refractivity contribution in [2.24, 2.45) is 15.7 Å². The molecule has 2 aliphatic heterocycles. The largest absolute Gasteiger partial charge is 0.497 e. The Balaban J connectivity index is 1.72. The third-order valence-corrected chi connectivity index (χ3v) is 4.06. The van der Waals surface area contributed by atoms with Gasteiger partial charge in [-0.15, -0.1) is 0 Å². The van der Waals surface area contributed by atoms with Crippen LogP contribution in [0.4, 0.5) is 5.69 Å². The molecule has 0 saturated heterocycles. The first-order chi connectivity index (χ1) is 11.2. The van der Waals surface area contributed by atoms with Crippen LogP contribution in [0.25, 0.3) is 0 Å². The number of hydrogen-bond acceptors (Lipinski definition) is 6. The molecule has 0 amide bonds. The van der Waals surface area contributed by atoms with Crippen LogP contribution < -0.4 is 15.8 Å². The van der Waals surface area contributed by atoms with E-state index in [1.807, 2.05) is 42.5 Å². The van der Waals surface area contributed by atoms with Gasteiger partial charge in [-0.25, -0.2) is 4.99 Å². The molecule has 6 heteroatoms. The first-order valence-corrected chi connectivity index (χ1v) is 7.42. The molecule has 0 saturated carbocycles. The molecular formula is C17H17N5O. The zero-order valence-corrected chi connectivity index (χ0v) is 12.7. The topological polar surface area (TPSA) is 75.2 Å². The van der Waals surface area contributed by atoms with Crippen LogP contribution in [-0.2, 0) is 6.54 Å². The van der Waals surface area contributed by atoms with Gasteiger partial charge in [-0.1, -0.05) is 30.3 Å². The summed E-state index contributed by atoms with van der Waals surface area (Å²) in [6.45, 7) is 0.732. The second kappa shape index (κ2) is 5.31. The minimum absolute atomic E-state index is 0.200. The number of ether oxygens (including phenoxy) is 1. The Morgan fingerprint density at radius 2 is 1.96 bits per heavy atom. The lowest BCUT2D eigenvalue weighted by molar-refractivity contribution is 0.307. The van der Waals surface area contributed by atoms with E-state index in [0.717, 1.165) is 29.5 Å². The van der Waals surface area contributed by atoms with Gasteiger partial charge >= 0.3 is 0 Å². The van der Waals surface area contributed by atoms with Crippen LogP contribution in [0.3, 0.4) is 0 Å². The number of nitrogens with one attached hydrogen (secondary N) is 1. The average Bonchev–Trinajstić information content (AvgIpc) is 2.59. The fourth-order valence-corrected chi connectivity index (χ4v) is 2.89. The molecule has 0 aromatic heterocycles. The van der Waals surface area contributed by atoms with Crippen molar-refractivity contribution in [1.29, 1.82) is 0 Å². The molecule has 6 nitrogen and oxygen atoms in total. The van der Waals surface area contributed by atoms with Crippen LogP contribution in [0.5, 0.6) is 5.75 Å². The van der Waals surface area contributed by atoms with Crippen LogP contribution in [0.15, 0.2) is 58.5 Å². The second-order valence-corrected chi connectivity index (χ2v) is 5.48. The lowest BCUT2D eigenvalue weighted by Gasteiger charge is -2.38. The molecule has 0 spiro atoms. The summed E-state index contributed by atoms with van der Waals surface area (Å²) < 4.78 is 5.22. The van der Waals surface area contributed by atoms with Gasteiger partial charge in [0, 0.05) is 5.69 Å². The van der Waals surface area contributed by atoms with Crippen molar-refractivity contribution in [3.05, 3.63) is 59.7 Å². The van der Waals surface area contributed by atoms with Gasteiger partial charge in [-0.05, 0) is 29.3 Å². The number of para-hydroxylation sites is 1. The number of nitrogens with zero attached hydrogens (tertiary/aromatic N) is 3. The first kappa shape index (κ1) is 13.6. The fraction of sp³-hybridized carbons (Fsp3) is 0.176. The summed E-state index contributed by atoms with van der Waals surface area (Å²) in [6, 6.07) is 16.0. The van der Waals surface area contributed by atoms with E-state index in [-0.39, 0.29) is 12.1 Å². The van der Waals surface area contributed by atoms with Gasteiger partial charge in [0.15, 0.2) is 6.17 Å². The van der Waals surface area contributed by atoms with E-state index >= 15 is 0 Å². The summed E-state index contributed by atoms with van der Waals surface area (Å²) in [5.41, 5.74) is 9.23. The van der Waals surface area contributed by atoms with Gasteiger partial charge < -0.3 is 20.7 Å². The van der Waals surface area contributed by atoms with Gasteiger partial charge in [0.1, 0.15) is 5.75 Å². The minimum atomic E-state index is -0.200. The van der Waals surface area contributed by atoms with Crippen molar-refractivity contribution in [2.75, 3.05) is 12.4 Å². The van der Waals surface area contributed by atoms with Crippen LogP contribution in [0.2, 0.25) is 0 Å². The number of benzene rings is 2. The maximum Gasteiger partial charge on any atom is 0.220 e. The Labute approximate surface area is 134 Å². The minimum Gasteiger partial charge on any atom is -0.497 e. The van der Waals surface area contributed by atoms with Crippen molar-refractivity contribution in [2.45, 2.75) is 12.7 Å². The number of hydrogen-bond donors (Lipinski definition) is 2. The lowest BCUT2D eigenvalue weighted by Crippen LogP contribution is -2.45. The Kier molecular flexibility index (Phi) is 3.15. The highest BCUT2D eigenvalue weighted by molar-refractivity contribution is 6.04. The molecule has 2 aliphatic rings. The second-order valence-electron chi connectivity index (χ2n) is 5.48. The van der Waals surface area contributed by atoms with Crippen molar-refractivity contribution < 1.29 is 4.74 Å². The highest BCUT2D eigenvalue weighted by atomic mass is 16.5. The molecule has 0 bridgehead atoms.